The van der Waals surface area contributed by atoms with E-state index in [9.17, 15) is 22.8 Å². The molecule has 31 heavy (non-hydrogen) atoms. The van der Waals surface area contributed by atoms with Crippen molar-refractivity contribution in [3.63, 3.8) is 0 Å². The zero-order valence-electron chi connectivity index (χ0n) is 16.8. The van der Waals surface area contributed by atoms with E-state index in [0.29, 0.717) is 17.3 Å². The van der Waals surface area contributed by atoms with Gasteiger partial charge in [-0.2, -0.15) is 13.2 Å². The van der Waals surface area contributed by atoms with Gasteiger partial charge in [-0.05, 0) is 65.3 Å². The summed E-state index contributed by atoms with van der Waals surface area (Å²) in [5.41, 5.74) is -0.363. The number of pyridine rings is 1. The topological polar surface area (TPSA) is 62.4 Å². The predicted molar refractivity (Wildman–Crippen MR) is 121 cm³/mol. The molecule has 164 valence electrons. The van der Waals surface area contributed by atoms with Crippen LogP contribution < -0.4 is 10.3 Å². The van der Waals surface area contributed by atoms with Gasteiger partial charge in [0, 0.05) is 28.1 Å². The van der Waals surface area contributed by atoms with E-state index in [2.05, 4.69) is 27.6 Å². The number of fused-ring (bicyclic) bond motifs is 1. The van der Waals surface area contributed by atoms with E-state index in [-0.39, 0.29) is 29.8 Å². The standard InChI is InChI=1S/C22H20F3IN2O3/c1-28(11-5-7-13-6-3-4-8-16(13)22(23,24)25)21(30)18-15-12-14(26)9-10-17(15)27-20(29)19(18)31-2/h3-4,6,8-10,12H,5,7,11H2,1-2H3,(H,27,29). The quantitative estimate of drug-likeness (QED) is 0.451. The van der Waals surface area contributed by atoms with Crippen molar-refractivity contribution in [1.29, 1.82) is 0 Å². The number of hydrogen-bond acceptors (Lipinski definition) is 3. The Balaban J connectivity index is 1.84. The average Bonchev–Trinajstić information content (AvgIpc) is 2.72. The number of hydrogen-bond donors (Lipinski definition) is 1. The number of methoxy groups -OCH3 is 1. The number of aryl methyl sites for hydroxylation is 1. The number of aromatic amines is 1. The molecule has 3 rings (SSSR count). The fourth-order valence-electron chi connectivity index (χ4n) is 3.47. The van der Waals surface area contributed by atoms with Gasteiger partial charge >= 0.3 is 6.18 Å². The van der Waals surface area contributed by atoms with Crippen molar-refractivity contribution in [2.24, 2.45) is 0 Å². The Labute approximate surface area is 190 Å². The summed E-state index contributed by atoms with van der Waals surface area (Å²) >= 11 is 2.11. The van der Waals surface area contributed by atoms with Gasteiger partial charge in [0.2, 0.25) is 0 Å². The number of halogens is 4. The third-order valence-electron chi connectivity index (χ3n) is 4.96. The highest BCUT2D eigenvalue weighted by molar-refractivity contribution is 14.1. The predicted octanol–water partition coefficient (Wildman–Crippen LogP) is 4.86. The number of H-pyrrole nitrogens is 1. The second-order valence-corrected chi connectivity index (χ2v) is 8.28. The third kappa shape index (κ3) is 5.03. The highest BCUT2D eigenvalue weighted by Crippen LogP contribution is 2.32. The van der Waals surface area contributed by atoms with Gasteiger partial charge in [0.25, 0.3) is 11.5 Å². The Hall–Kier alpha value is -2.56. The summed E-state index contributed by atoms with van der Waals surface area (Å²) < 4.78 is 45.6. The summed E-state index contributed by atoms with van der Waals surface area (Å²) in [7, 11) is 2.87. The monoisotopic (exact) mass is 544 g/mol. The highest BCUT2D eigenvalue weighted by Gasteiger charge is 2.32. The second kappa shape index (κ2) is 9.29. The molecule has 9 heteroatoms. The molecule has 1 N–H and O–H groups in total. The lowest BCUT2D eigenvalue weighted by Gasteiger charge is -2.20. The van der Waals surface area contributed by atoms with Crippen LogP contribution in [0.3, 0.4) is 0 Å². The Kier molecular flexibility index (Phi) is 6.93. The van der Waals surface area contributed by atoms with Gasteiger partial charge in [-0.15, -0.1) is 0 Å². The molecular weight excluding hydrogens is 524 g/mol. The number of ether oxygens (including phenoxy) is 1. The van der Waals surface area contributed by atoms with Crippen LogP contribution in [0, 0.1) is 3.57 Å². The molecule has 0 saturated heterocycles. The molecule has 0 spiro atoms. The van der Waals surface area contributed by atoms with Crippen molar-refractivity contribution in [1.82, 2.24) is 9.88 Å². The molecule has 0 unspecified atom stereocenters. The maximum atomic E-state index is 13.2. The van der Waals surface area contributed by atoms with Gasteiger partial charge in [0.05, 0.1) is 18.2 Å². The Morgan fingerprint density at radius 1 is 1.19 bits per heavy atom. The molecule has 0 aliphatic heterocycles. The zero-order valence-corrected chi connectivity index (χ0v) is 19.0. The molecule has 0 bridgehead atoms. The van der Waals surface area contributed by atoms with Gasteiger partial charge in [0.1, 0.15) is 0 Å². The van der Waals surface area contributed by atoms with Crippen LogP contribution in [0.1, 0.15) is 27.9 Å². The minimum Gasteiger partial charge on any atom is -0.490 e. The molecule has 0 radical (unpaired) electrons. The van der Waals surface area contributed by atoms with Gasteiger partial charge in [-0.1, -0.05) is 18.2 Å². The van der Waals surface area contributed by atoms with Crippen LogP contribution in [0.2, 0.25) is 0 Å². The number of carbonyl (C=O) groups excluding carboxylic acids is 1. The molecule has 2 aromatic carbocycles. The van der Waals surface area contributed by atoms with Crippen molar-refractivity contribution < 1.29 is 22.7 Å². The summed E-state index contributed by atoms with van der Waals surface area (Å²) in [6.07, 6.45) is -3.93. The van der Waals surface area contributed by atoms with Crippen LogP contribution in [-0.4, -0.2) is 36.5 Å². The van der Waals surface area contributed by atoms with Crippen LogP contribution in [0.15, 0.2) is 47.3 Å². The number of benzene rings is 2. The van der Waals surface area contributed by atoms with E-state index in [1.165, 1.54) is 24.1 Å². The van der Waals surface area contributed by atoms with E-state index in [4.69, 9.17) is 4.74 Å². The summed E-state index contributed by atoms with van der Waals surface area (Å²) in [4.78, 5) is 29.6. The van der Waals surface area contributed by atoms with E-state index in [1.807, 2.05) is 0 Å². The normalized spacial score (nSPS) is 11.5. The second-order valence-electron chi connectivity index (χ2n) is 7.04. The summed E-state index contributed by atoms with van der Waals surface area (Å²) in [5.74, 6) is -0.521. The zero-order chi connectivity index (χ0) is 22.8. The Bertz CT molecular complexity index is 1170. The Morgan fingerprint density at radius 2 is 1.90 bits per heavy atom. The van der Waals surface area contributed by atoms with E-state index in [0.717, 1.165) is 9.64 Å². The van der Waals surface area contributed by atoms with Crippen LogP contribution in [-0.2, 0) is 12.6 Å². The number of rotatable bonds is 6. The smallest absolute Gasteiger partial charge is 0.416 e. The molecule has 0 aliphatic carbocycles. The minimum absolute atomic E-state index is 0.0891. The molecule has 0 aliphatic rings. The number of alkyl halides is 3. The van der Waals surface area contributed by atoms with Gasteiger partial charge in [0.15, 0.2) is 5.75 Å². The first-order chi connectivity index (χ1) is 14.6. The minimum atomic E-state index is -4.42. The van der Waals surface area contributed by atoms with Crippen LogP contribution >= 0.6 is 22.6 Å². The molecule has 1 heterocycles. The number of amides is 1. The number of nitrogens with one attached hydrogen (secondary N) is 1. The lowest BCUT2D eigenvalue weighted by atomic mass is 10.0. The van der Waals surface area contributed by atoms with Crippen molar-refractivity contribution in [3.05, 3.63) is 73.1 Å². The molecule has 1 amide bonds. The maximum Gasteiger partial charge on any atom is 0.416 e. The summed E-state index contributed by atoms with van der Waals surface area (Å²) in [5, 5.41) is 0.544. The molecule has 3 aromatic rings. The first kappa shape index (κ1) is 23.1. The largest absolute Gasteiger partial charge is 0.490 e. The lowest BCUT2D eigenvalue weighted by Crippen LogP contribution is -2.30. The van der Waals surface area contributed by atoms with Gasteiger partial charge in [-0.25, -0.2) is 0 Å². The number of carbonyl (C=O) groups is 1. The number of nitrogens with zero attached hydrogens (tertiary/aromatic N) is 1. The molecule has 0 saturated carbocycles. The fraction of sp³-hybridized carbons (Fsp3) is 0.273. The summed E-state index contributed by atoms with van der Waals surface area (Å²) in [6, 6.07) is 10.7. The van der Waals surface area contributed by atoms with Crippen molar-refractivity contribution in [2.45, 2.75) is 19.0 Å². The first-order valence-electron chi connectivity index (χ1n) is 9.43. The molecular formula is C22H20F3IN2O3. The fourth-order valence-corrected chi connectivity index (χ4v) is 3.96. The van der Waals surface area contributed by atoms with Crippen molar-refractivity contribution >= 4 is 39.4 Å². The van der Waals surface area contributed by atoms with Crippen LogP contribution in [0.5, 0.6) is 5.75 Å². The van der Waals surface area contributed by atoms with Crippen molar-refractivity contribution in [2.75, 3.05) is 20.7 Å². The van der Waals surface area contributed by atoms with E-state index in [1.54, 1.807) is 31.3 Å². The average molecular weight is 544 g/mol. The molecule has 5 nitrogen and oxygen atoms in total. The molecule has 1 aromatic heterocycles. The number of aromatic nitrogens is 1. The Morgan fingerprint density at radius 3 is 2.58 bits per heavy atom. The van der Waals surface area contributed by atoms with E-state index < -0.39 is 23.2 Å². The van der Waals surface area contributed by atoms with Crippen molar-refractivity contribution in [3.8, 4) is 5.75 Å². The first-order valence-corrected chi connectivity index (χ1v) is 10.5. The van der Waals surface area contributed by atoms with Crippen LogP contribution in [0.25, 0.3) is 10.9 Å². The lowest BCUT2D eigenvalue weighted by molar-refractivity contribution is -0.138. The van der Waals surface area contributed by atoms with Crippen LogP contribution in [0.4, 0.5) is 13.2 Å². The van der Waals surface area contributed by atoms with Gasteiger partial charge in [-0.3, -0.25) is 9.59 Å². The SMILES string of the molecule is COc1c(C(=O)N(C)CCCc2ccccc2C(F)(F)F)c2cc(I)ccc2[nH]c1=O. The third-order valence-corrected chi connectivity index (χ3v) is 5.63. The molecule has 0 atom stereocenters. The van der Waals surface area contributed by atoms with Gasteiger partial charge < -0.3 is 14.6 Å². The highest BCUT2D eigenvalue weighted by atomic mass is 127. The maximum absolute atomic E-state index is 13.2. The summed E-state index contributed by atoms with van der Waals surface area (Å²) in [6.45, 7) is 0.215. The van der Waals surface area contributed by atoms with E-state index >= 15 is 0 Å². The molecule has 0 fully saturated rings.